The number of benzene rings is 2. The molecule has 0 amide bonds. The normalized spacial score (nSPS) is 11.0. The summed E-state index contributed by atoms with van der Waals surface area (Å²) in [5.74, 6) is 0. The van der Waals surface area contributed by atoms with Crippen molar-refractivity contribution in [3.8, 4) is 17.2 Å². The highest BCUT2D eigenvalue weighted by Crippen LogP contribution is 2.26. The van der Waals surface area contributed by atoms with Crippen molar-refractivity contribution in [1.29, 1.82) is 5.26 Å². The van der Waals surface area contributed by atoms with Crippen molar-refractivity contribution >= 4 is 10.0 Å². The standard InChI is InChI=1S/C19H20N2O2S/c1-3-5-15-6-8-16(9-7-15)19-11-10-18(13-17(19)14-20)24(22,23)21-12-4-2/h4,6-11,13,21H,2-3,5,12H2,1H3. The first-order chi connectivity index (χ1) is 11.5. The van der Waals surface area contributed by atoms with Crippen LogP contribution in [0, 0.1) is 11.3 Å². The molecular formula is C19H20N2O2S. The molecule has 4 nitrogen and oxygen atoms in total. The molecule has 1 N–H and O–H groups in total. The number of aryl methyl sites for hydroxylation is 1. The molecule has 0 bridgehead atoms. The van der Waals surface area contributed by atoms with Crippen LogP contribution >= 0.6 is 0 Å². The molecule has 0 fully saturated rings. The van der Waals surface area contributed by atoms with Crippen LogP contribution in [0.4, 0.5) is 0 Å². The average Bonchev–Trinajstić information content (AvgIpc) is 2.60. The summed E-state index contributed by atoms with van der Waals surface area (Å²) in [4.78, 5) is 0.0762. The van der Waals surface area contributed by atoms with E-state index in [2.05, 4.69) is 24.3 Å². The van der Waals surface area contributed by atoms with Gasteiger partial charge in [0.25, 0.3) is 0 Å². The molecule has 5 heteroatoms. The van der Waals surface area contributed by atoms with Crippen molar-refractivity contribution in [3.05, 3.63) is 66.2 Å². The lowest BCUT2D eigenvalue weighted by molar-refractivity contribution is 0.585. The minimum absolute atomic E-state index is 0.0762. The van der Waals surface area contributed by atoms with E-state index in [9.17, 15) is 13.7 Å². The summed E-state index contributed by atoms with van der Waals surface area (Å²) < 4.78 is 26.7. The lowest BCUT2D eigenvalue weighted by Gasteiger charge is -2.09. The van der Waals surface area contributed by atoms with Gasteiger partial charge in [0.2, 0.25) is 10.0 Å². The van der Waals surface area contributed by atoms with E-state index in [4.69, 9.17) is 0 Å². The number of rotatable bonds is 7. The van der Waals surface area contributed by atoms with E-state index < -0.39 is 10.0 Å². The third-order valence-corrected chi connectivity index (χ3v) is 5.06. The van der Waals surface area contributed by atoms with Gasteiger partial charge in [0.05, 0.1) is 16.5 Å². The van der Waals surface area contributed by atoms with E-state index >= 15 is 0 Å². The van der Waals surface area contributed by atoms with Crippen LogP contribution in [0.1, 0.15) is 24.5 Å². The molecule has 0 aliphatic carbocycles. The molecule has 2 rings (SSSR count). The molecule has 0 saturated carbocycles. The summed E-state index contributed by atoms with van der Waals surface area (Å²) >= 11 is 0. The smallest absolute Gasteiger partial charge is 0.207 e. The number of hydrogen-bond donors (Lipinski definition) is 1. The molecule has 0 aromatic heterocycles. The maximum absolute atomic E-state index is 12.2. The van der Waals surface area contributed by atoms with E-state index in [1.165, 1.54) is 23.8 Å². The van der Waals surface area contributed by atoms with E-state index in [0.717, 1.165) is 24.0 Å². The Balaban J connectivity index is 2.39. The Labute approximate surface area is 143 Å². The summed E-state index contributed by atoms with van der Waals surface area (Å²) in [6.07, 6.45) is 3.56. The Morgan fingerprint density at radius 3 is 2.50 bits per heavy atom. The molecule has 0 unspecified atom stereocenters. The van der Waals surface area contributed by atoms with Crippen LogP contribution in [0.2, 0.25) is 0 Å². The number of sulfonamides is 1. The predicted molar refractivity (Wildman–Crippen MR) is 96.0 cm³/mol. The molecule has 0 heterocycles. The van der Waals surface area contributed by atoms with Crippen molar-refractivity contribution in [3.63, 3.8) is 0 Å². The maximum atomic E-state index is 12.2. The SMILES string of the molecule is C=CCNS(=O)(=O)c1ccc(-c2ccc(CCC)cc2)c(C#N)c1. The zero-order valence-electron chi connectivity index (χ0n) is 13.6. The van der Waals surface area contributed by atoms with Gasteiger partial charge >= 0.3 is 0 Å². The summed E-state index contributed by atoms with van der Waals surface area (Å²) in [6.45, 7) is 5.76. The van der Waals surface area contributed by atoms with Gasteiger partial charge in [-0.3, -0.25) is 0 Å². The third-order valence-electron chi connectivity index (χ3n) is 3.64. The van der Waals surface area contributed by atoms with Gasteiger partial charge in [-0.15, -0.1) is 6.58 Å². The first-order valence-electron chi connectivity index (χ1n) is 7.76. The highest BCUT2D eigenvalue weighted by molar-refractivity contribution is 7.89. The Bertz CT molecular complexity index is 863. The fourth-order valence-corrected chi connectivity index (χ4v) is 3.45. The molecule has 2 aromatic carbocycles. The van der Waals surface area contributed by atoms with Crippen molar-refractivity contribution in [2.45, 2.75) is 24.7 Å². The van der Waals surface area contributed by atoms with Gasteiger partial charge < -0.3 is 0 Å². The highest BCUT2D eigenvalue weighted by Gasteiger charge is 2.15. The third kappa shape index (κ3) is 4.10. The summed E-state index contributed by atoms with van der Waals surface area (Å²) in [5.41, 5.74) is 3.20. The van der Waals surface area contributed by atoms with E-state index in [-0.39, 0.29) is 11.4 Å². The molecule has 0 aliphatic heterocycles. The number of nitrogens with zero attached hydrogens (tertiary/aromatic N) is 1. The first kappa shape index (κ1) is 17.9. The van der Waals surface area contributed by atoms with Crippen molar-refractivity contribution in [2.75, 3.05) is 6.54 Å². The van der Waals surface area contributed by atoms with Gasteiger partial charge in [-0.1, -0.05) is 49.8 Å². The van der Waals surface area contributed by atoms with Crippen LogP contribution in [0.3, 0.4) is 0 Å². The average molecular weight is 340 g/mol. The fourth-order valence-electron chi connectivity index (χ4n) is 2.43. The van der Waals surface area contributed by atoms with Gasteiger partial charge in [-0.2, -0.15) is 5.26 Å². The Hall–Kier alpha value is -2.42. The number of nitriles is 1. The molecule has 124 valence electrons. The van der Waals surface area contributed by atoms with Gasteiger partial charge in [0.15, 0.2) is 0 Å². The second-order valence-electron chi connectivity index (χ2n) is 5.41. The number of hydrogen-bond acceptors (Lipinski definition) is 3. The van der Waals surface area contributed by atoms with E-state index in [1.54, 1.807) is 6.07 Å². The van der Waals surface area contributed by atoms with E-state index in [0.29, 0.717) is 5.56 Å². The first-order valence-corrected chi connectivity index (χ1v) is 9.24. The van der Waals surface area contributed by atoms with Gasteiger partial charge in [-0.25, -0.2) is 13.1 Å². The Morgan fingerprint density at radius 2 is 1.92 bits per heavy atom. The Morgan fingerprint density at radius 1 is 1.21 bits per heavy atom. The van der Waals surface area contributed by atoms with Crippen LogP contribution < -0.4 is 4.72 Å². The van der Waals surface area contributed by atoms with Crippen molar-refractivity contribution in [1.82, 2.24) is 4.72 Å². The minimum Gasteiger partial charge on any atom is -0.207 e. The molecule has 0 aliphatic rings. The topological polar surface area (TPSA) is 70.0 Å². The van der Waals surface area contributed by atoms with Crippen LogP contribution in [0.5, 0.6) is 0 Å². The molecule has 0 atom stereocenters. The molecule has 0 saturated heterocycles. The summed E-state index contributed by atoms with van der Waals surface area (Å²) in [5, 5.41) is 9.40. The van der Waals surface area contributed by atoms with Crippen LogP contribution in [-0.4, -0.2) is 15.0 Å². The van der Waals surface area contributed by atoms with Crippen LogP contribution in [-0.2, 0) is 16.4 Å². The minimum atomic E-state index is -3.64. The second-order valence-corrected chi connectivity index (χ2v) is 7.17. The summed E-state index contributed by atoms with van der Waals surface area (Å²) in [6, 6.07) is 14.7. The van der Waals surface area contributed by atoms with Crippen LogP contribution in [0.25, 0.3) is 11.1 Å². The quantitative estimate of drug-likeness (QED) is 0.782. The molecular weight excluding hydrogens is 320 g/mol. The Kier molecular flexibility index (Phi) is 5.91. The van der Waals surface area contributed by atoms with Gasteiger partial charge in [-0.05, 0) is 35.2 Å². The highest BCUT2D eigenvalue weighted by atomic mass is 32.2. The summed E-state index contributed by atoms with van der Waals surface area (Å²) in [7, 11) is -3.64. The lowest BCUT2D eigenvalue weighted by atomic mass is 9.98. The molecule has 0 radical (unpaired) electrons. The predicted octanol–water partition coefficient (Wildman–Crippen LogP) is 3.64. The molecule has 2 aromatic rings. The van der Waals surface area contributed by atoms with Crippen LogP contribution in [0.15, 0.2) is 60.0 Å². The fraction of sp³-hybridized carbons (Fsp3) is 0.211. The zero-order valence-corrected chi connectivity index (χ0v) is 14.4. The monoisotopic (exact) mass is 340 g/mol. The van der Waals surface area contributed by atoms with E-state index in [1.807, 2.05) is 24.3 Å². The van der Waals surface area contributed by atoms with Crippen molar-refractivity contribution in [2.24, 2.45) is 0 Å². The van der Waals surface area contributed by atoms with Gasteiger partial charge in [0.1, 0.15) is 0 Å². The van der Waals surface area contributed by atoms with Crippen molar-refractivity contribution < 1.29 is 8.42 Å². The lowest BCUT2D eigenvalue weighted by Crippen LogP contribution is -2.23. The van der Waals surface area contributed by atoms with Gasteiger partial charge in [0, 0.05) is 6.54 Å². The second kappa shape index (κ2) is 7.91. The zero-order chi connectivity index (χ0) is 17.6. The largest absolute Gasteiger partial charge is 0.240 e. The number of nitrogens with one attached hydrogen (secondary N) is 1. The maximum Gasteiger partial charge on any atom is 0.240 e. The molecule has 24 heavy (non-hydrogen) atoms. The molecule has 0 spiro atoms.